The van der Waals surface area contributed by atoms with Crippen LogP contribution in [0.2, 0.25) is 0 Å². The molecule has 25 heavy (non-hydrogen) atoms. The summed E-state index contributed by atoms with van der Waals surface area (Å²) in [5.74, 6) is -3.14. The Kier molecular flexibility index (Phi) is 5.39. The maximum atomic E-state index is 12.6. The van der Waals surface area contributed by atoms with Crippen LogP contribution in [0.25, 0.3) is 0 Å². The van der Waals surface area contributed by atoms with Gasteiger partial charge in [0, 0.05) is 11.5 Å². The van der Waals surface area contributed by atoms with Gasteiger partial charge in [-0.05, 0) is 13.3 Å². The topological polar surface area (TPSA) is 116 Å². The third kappa shape index (κ3) is 3.62. The fourth-order valence-corrected chi connectivity index (χ4v) is 2.43. The van der Waals surface area contributed by atoms with E-state index in [1.54, 1.807) is 18.2 Å². The maximum absolute atomic E-state index is 12.6. The monoisotopic (exact) mass is 347 g/mol. The van der Waals surface area contributed by atoms with E-state index < -0.39 is 35.5 Å². The van der Waals surface area contributed by atoms with E-state index in [0.29, 0.717) is 6.42 Å². The summed E-state index contributed by atoms with van der Waals surface area (Å²) in [5.41, 5.74) is 2.09. The number of carbonyl (C=O) groups is 3. The van der Waals surface area contributed by atoms with Crippen molar-refractivity contribution in [1.29, 1.82) is 0 Å². The van der Waals surface area contributed by atoms with Crippen molar-refractivity contribution >= 4 is 17.7 Å². The Hall–Kier alpha value is -2.51. The molecule has 1 saturated carbocycles. The molecule has 3 atom stereocenters. The molecule has 1 aromatic carbocycles. The summed E-state index contributed by atoms with van der Waals surface area (Å²) in [6.07, 6.45) is 1.90. The Morgan fingerprint density at radius 3 is 2.52 bits per heavy atom. The van der Waals surface area contributed by atoms with Crippen molar-refractivity contribution in [2.75, 3.05) is 13.2 Å². The third-order valence-electron chi connectivity index (χ3n) is 4.16. The molecule has 7 nitrogen and oxygen atoms in total. The summed E-state index contributed by atoms with van der Waals surface area (Å²) in [4.78, 5) is 36.9. The first-order valence-corrected chi connectivity index (χ1v) is 7.87. The summed E-state index contributed by atoms with van der Waals surface area (Å²) < 4.78 is 9.77. The van der Waals surface area contributed by atoms with Crippen molar-refractivity contribution in [3.05, 3.63) is 48.6 Å². The molecule has 0 amide bonds. The Balaban J connectivity index is 2.18. The van der Waals surface area contributed by atoms with Gasteiger partial charge >= 0.3 is 11.9 Å². The molecule has 0 bridgehead atoms. The van der Waals surface area contributed by atoms with Crippen molar-refractivity contribution in [3.8, 4) is 0 Å². The van der Waals surface area contributed by atoms with E-state index in [1.807, 2.05) is 0 Å². The van der Waals surface area contributed by atoms with Gasteiger partial charge in [-0.25, -0.2) is 4.79 Å². The van der Waals surface area contributed by atoms with Crippen LogP contribution in [-0.2, 0) is 19.1 Å². The molecule has 1 aliphatic carbocycles. The molecule has 0 aromatic heterocycles. The molecule has 1 aliphatic rings. The van der Waals surface area contributed by atoms with Gasteiger partial charge in [-0.2, -0.15) is 0 Å². The molecule has 1 aromatic rings. The zero-order valence-corrected chi connectivity index (χ0v) is 13.9. The molecule has 3 N–H and O–H groups in total. The van der Waals surface area contributed by atoms with E-state index >= 15 is 0 Å². The lowest BCUT2D eigenvalue weighted by atomic mass is 9.93. The van der Waals surface area contributed by atoms with Crippen molar-refractivity contribution in [3.63, 3.8) is 0 Å². The van der Waals surface area contributed by atoms with Gasteiger partial charge in [-0.1, -0.05) is 36.4 Å². The summed E-state index contributed by atoms with van der Waals surface area (Å²) in [6.45, 7) is 4.18. The van der Waals surface area contributed by atoms with Crippen LogP contribution >= 0.6 is 0 Å². The highest BCUT2D eigenvalue weighted by molar-refractivity contribution is 6.15. The molecule has 1 fully saturated rings. The number of ketones is 1. The number of hydrogen-bond donors (Lipinski definition) is 2. The highest BCUT2D eigenvalue weighted by Gasteiger charge is 2.58. The number of ether oxygens (including phenoxy) is 2. The molecular formula is C18H21NO6. The zero-order valence-electron chi connectivity index (χ0n) is 13.9. The van der Waals surface area contributed by atoms with Crippen LogP contribution in [0.5, 0.6) is 0 Å². The highest BCUT2D eigenvalue weighted by atomic mass is 16.6. The number of esters is 2. The van der Waals surface area contributed by atoms with E-state index in [1.165, 1.54) is 25.1 Å². The van der Waals surface area contributed by atoms with E-state index in [4.69, 9.17) is 15.2 Å². The minimum absolute atomic E-state index is 0.0451. The third-order valence-corrected chi connectivity index (χ3v) is 4.16. The normalized spacial score (nSPS) is 23.9. The molecule has 2 rings (SSSR count). The molecule has 0 spiro atoms. The van der Waals surface area contributed by atoms with Gasteiger partial charge in [0.1, 0.15) is 12.1 Å². The second-order valence-electron chi connectivity index (χ2n) is 5.94. The van der Waals surface area contributed by atoms with Gasteiger partial charge in [0.05, 0.1) is 6.61 Å². The van der Waals surface area contributed by atoms with Crippen LogP contribution in [0, 0.1) is 5.92 Å². The van der Waals surface area contributed by atoms with Crippen LogP contribution in [0.1, 0.15) is 23.7 Å². The van der Waals surface area contributed by atoms with Crippen LogP contribution in [-0.4, -0.2) is 47.2 Å². The number of aliphatic hydroxyl groups is 1. The van der Waals surface area contributed by atoms with Crippen LogP contribution < -0.4 is 5.73 Å². The predicted molar refractivity (Wildman–Crippen MR) is 88.5 cm³/mol. The van der Waals surface area contributed by atoms with Crippen molar-refractivity contribution in [2.24, 2.45) is 11.7 Å². The van der Waals surface area contributed by atoms with Crippen molar-refractivity contribution in [1.82, 2.24) is 0 Å². The minimum atomic E-state index is -2.64. The first kappa shape index (κ1) is 18.8. The largest absolute Gasteiger partial charge is 0.463 e. The number of nitrogens with two attached hydrogens (primary N) is 1. The van der Waals surface area contributed by atoms with Crippen LogP contribution in [0.4, 0.5) is 0 Å². The van der Waals surface area contributed by atoms with Gasteiger partial charge < -0.3 is 20.3 Å². The van der Waals surface area contributed by atoms with Crippen LogP contribution in [0.3, 0.4) is 0 Å². The predicted octanol–water partition coefficient (Wildman–Crippen LogP) is 0.610. The van der Waals surface area contributed by atoms with Gasteiger partial charge in [0.25, 0.3) is 5.60 Å². The fraction of sp³-hybridized carbons (Fsp3) is 0.389. The van der Waals surface area contributed by atoms with Gasteiger partial charge in [-0.3, -0.25) is 9.59 Å². The van der Waals surface area contributed by atoms with E-state index in [-0.39, 0.29) is 18.1 Å². The Morgan fingerprint density at radius 2 is 2.00 bits per heavy atom. The average Bonchev–Trinajstić information content (AvgIpc) is 3.31. The Labute approximate surface area is 145 Å². The summed E-state index contributed by atoms with van der Waals surface area (Å²) >= 11 is 0. The smallest absolute Gasteiger partial charge is 0.350 e. The lowest BCUT2D eigenvalue weighted by Crippen LogP contribution is -2.53. The van der Waals surface area contributed by atoms with Crippen molar-refractivity contribution < 1.29 is 29.0 Å². The maximum Gasteiger partial charge on any atom is 0.350 e. The number of carbonyl (C=O) groups excluding carboxylic acids is 3. The Bertz CT molecular complexity index is 688. The molecule has 7 heteroatoms. The average molecular weight is 347 g/mol. The first-order valence-electron chi connectivity index (χ1n) is 7.87. The lowest BCUT2D eigenvalue weighted by molar-refractivity contribution is -0.169. The zero-order chi connectivity index (χ0) is 18.7. The van der Waals surface area contributed by atoms with E-state index in [2.05, 4.69) is 6.58 Å². The fourth-order valence-electron chi connectivity index (χ4n) is 2.43. The summed E-state index contributed by atoms with van der Waals surface area (Å²) in [7, 11) is 0. The van der Waals surface area contributed by atoms with Crippen molar-refractivity contribution in [2.45, 2.75) is 24.5 Å². The highest BCUT2D eigenvalue weighted by Crippen LogP contribution is 2.42. The molecule has 0 heterocycles. The quantitative estimate of drug-likeness (QED) is 0.306. The number of hydrogen-bond acceptors (Lipinski definition) is 7. The number of rotatable bonds is 8. The molecule has 0 aliphatic heterocycles. The van der Waals surface area contributed by atoms with Crippen LogP contribution in [0.15, 0.2) is 43.0 Å². The minimum Gasteiger partial charge on any atom is -0.463 e. The second kappa shape index (κ2) is 7.16. The molecule has 0 unspecified atom stereocenters. The lowest BCUT2D eigenvalue weighted by Gasteiger charge is -2.24. The van der Waals surface area contributed by atoms with Gasteiger partial charge in [-0.15, -0.1) is 6.58 Å². The second-order valence-corrected chi connectivity index (χ2v) is 5.94. The molecule has 0 radical (unpaired) electrons. The summed E-state index contributed by atoms with van der Waals surface area (Å²) in [5, 5.41) is 10.6. The molecule has 0 saturated heterocycles. The first-order chi connectivity index (χ1) is 11.8. The SMILES string of the molecule is C=C[C@@H]1C[C@]1(N)C(=O)OC[C@@](O)(C(=O)OCC)C(=O)c1ccccc1. The standard InChI is InChI=1S/C18H21NO6/c1-3-13-10-17(13,19)15(21)25-11-18(23,16(22)24-4-2)14(20)12-8-6-5-7-9-12/h3,5-9,13,23H,1,4,10-11,19H2,2H3/t13-,17-,18+/m1/s1. The van der Waals surface area contributed by atoms with E-state index in [0.717, 1.165) is 0 Å². The van der Waals surface area contributed by atoms with E-state index in [9.17, 15) is 19.5 Å². The number of Topliss-reactive ketones (excluding diaryl/α,β-unsaturated/α-hetero) is 1. The number of benzene rings is 1. The Morgan fingerprint density at radius 1 is 1.36 bits per heavy atom. The van der Waals surface area contributed by atoms with Gasteiger partial charge in [0.2, 0.25) is 5.78 Å². The van der Waals surface area contributed by atoms with Gasteiger partial charge in [0.15, 0.2) is 0 Å². The molecular weight excluding hydrogens is 326 g/mol. The summed E-state index contributed by atoms with van der Waals surface area (Å²) in [6, 6.07) is 7.72. The molecule has 134 valence electrons.